The van der Waals surface area contributed by atoms with Crippen LogP contribution in [0.15, 0.2) is 30.5 Å². The largest absolute Gasteiger partial charge is 0.363 e. The predicted octanol–water partition coefficient (Wildman–Crippen LogP) is 4.72. The van der Waals surface area contributed by atoms with Gasteiger partial charge >= 0.3 is 0 Å². The maximum absolute atomic E-state index is 14.7. The number of anilines is 2. The number of nitrogens with zero attached hydrogens (tertiary/aromatic N) is 5. The molecule has 0 radical (unpaired) electrons. The number of halogens is 3. The number of likely N-dealkylation sites (N-methyl/N-ethyl adjacent to an activating group) is 1. The van der Waals surface area contributed by atoms with Gasteiger partial charge in [0.15, 0.2) is 0 Å². The Morgan fingerprint density at radius 3 is 2.62 bits per heavy atom. The van der Waals surface area contributed by atoms with E-state index in [4.69, 9.17) is 0 Å². The SMILES string of the molecule is Cc1nc(NC(C)c2cccc(C(F)F)c2F)c2cc(N3CC[C@@H](N(C)C)C3)ncc2n1. The van der Waals surface area contributed by atoms with Crippen molar-refractivity contribution in [1.82, 2.24) is 19.9 Å². The van der Waals surface area contributed by atoms with E-state index in [2.05, 4.69) is 44.2 Å². The molecule has 1 aliphatic rings. The van der Waals surface area contributed by atoms with Crippen LogP contribution >= 0.6 is 0 Å². The quantitative estimate of drug-likeness (QED) is 0.594. The molecule has 9 heteroatoms. The summed E-state index contributed by atoms with van der Waals surface area (Å²) in [5, 5.41) is 3.96. The van der Waals surface area contributed by atoms with Crippen molar-refractivity contribution >= 4 is 22.5 Å². The third-order valence-electron chi connectivity index (χ3n) is 6.01. The van der Waals surface area contributed by atoms with Crippen LogP contribution in [0.25, 0.3) is 10.9 Å². The number of fused-ring (bicyclic) bond motifs is 1. The topological polar surface area (TPSA) is 57.2 Å². The van der Waals surface area contributed by atoms with Crippen LogP contribution in [0, 0.1) is 12.7 Å². The van der Waals surface area contributed by atoms with Crippen molar-refractivity contribution in [3.8, 4) is 0 Å². The first kappa shape index (κ1) is 22.3. The molecule has 6 nitrogen and oxygen atoms in total. The molecule has 0 aliphatic carbocycles. The fraction of sp³-hybridized carbons (Fsp3) is 0.435. The van der Waals surface area contributed by atoms with E-state index in [9.17, 15) is 13.2 Å². The van der Waals surface area contributed by atoms with Crippen molar-refractivity contribution in [2.24, 2.45) is 0 Å². The lowest BCUT2D eigenvalue weighted by Gasteiger charge is -2.22. The smallest absolute Gasteiger partial charge is 0.266 e. The Labute approximate surface area is 185 Å². The molecule has 32 heavy (non-hydrogen) atoms. The Morgan fingerprint density at radius 2 is 1.94 bits per heavy atom. The molecule has 1 aliphatic heterocycles. The van der Waals surface area contributed by atoms with E-state index in [1.54, 1.807) is 20.0 Å². The van der Waals surface area contributed by atoms with Crippen molar-refractivity contribution in [2.45, 2.75) is 38.8 Å². The third kappa shape index (κ3) is 4.34. The number of aromatic nitrogens is 3. The summed E-state index contributed by atoms with van der Waals surface area (Å²) >= 11 is 0. The highest BCUT2D eigenvalue weighted by Crippen LogP contribution is 2.31. The second kappa shape index (κ2) is 8.90. The summed E-state index contributed by atoms with van der Waals surface area (Å²) in [6.07, 6.45) is -0.0980. The first-order valence-corrected chi connectivity index (χ1v) is 10.6. The summed E-state index contributed by atoms with van der Waals surface area (Å²) < 4.78 is 40.9. The van der Waals surface area contributed by atoms with Gasteiger partial charge in [0.1, 0.15) is 23.3 Å². The maximum Gasteiger partial charge on any atom is 0.266 e. The average Bonchev–Trinajstić information content (AvgIpc) is 3.24. The number of aryl methyl sites for hydroxylation is 1. The number of alkyl halides is 2. The van der Waals surface area contributed by atoms with Crippen LogP contribution in [0.1, 0.15) is 42.8 Å². The lowest BCUT2D eigenvalue weighted by molar-refractivity contribution is 0.146. The maximum atomic E-state index is 14.7. The van der Waals surface area contributed by atoms with Gasteiger partial charge in [0, 0.05) is 30.1 Å². The molecular weight excluding hydrogens is 417 g/mol. The molecule has 1 saturated heterocycles. The summed E-state index contributed by atoms with van der Waals surface area (Å²) in [5.41, 5.74) is 0.229. The van der Waals surface area contributed by atoms with Crippen molar-refractivity contribution in [3.05, 3.63) is 53.2 Å². The van der Waals surface area contributed by atoms with E-state index in [0.717, 1.165) is 36.8 Å². The highest BCUT2D eigenvalue weighted by molar-refractivity contribution is 5.90. The Kier molecular flexibility index (Phi) is 6.19. The lowest BCUT2D eigenvalue weighted by atomic mass is 10.0. The van der Waals surface area contributed by atoms with Crippen LogP contribution in [0.5, 0.6) is 0 Å². The van der Waals surface area contributed by atoms with E-state index < -0.39 is 23.8 Å². The van der Waals surface area contributed by atoms with E-state index in [1.807, 2.05) is 6.07 Å². The molecule has 0 saturated carbocycles. The minimum absolute atomic E-state index is 0.162. The average molecular weight is 445 g/mol. The van der Waals surface area contributed by atoms with Gasteiger partial charge in [-0.05, 0) is 40.4 Å². The Bertz CT molecular complexity index is 1120. The summed E-state index contributed by atoms with van der Waals surface area (Å²) in [5.74, 6) is 0.994. The number of rotatable bonds is 6. The van der Waals surface area contributed by atoms with Crippen molar-refractivity contribution in [3.63, 3.8) is 0 Å². The molecule has 0 amide bonds. The Hall–Kier alpha value is -2.94. The number of pyridine rings is 1. The number of nitrogens with one attached hydrogen (secondary N) is 1. The molecular formula is C23H27F3N6. The van der Waals surface area contributed by atoms with Gasteiger partial charge in [-0.2, -0.15) is 0 Å². The van der Waals surface area contributed by atoms with Gasteiger partial charge in [-0.3, -0.25) is 0 Å². The number of benzene rings is 1. The van der Waals surface area contributed by atoms with E-state index in [0.29, 0.717) is 23.2 Å². The van der Waals surface area contributed by atoms with Crippen LogP contribution in [0.3, 0.4) is 0 Å². The summed E-state index contributed by atoms with van der Waals surface area (Å²) in [7, 11) is 4.15. The summed E-state index contributed by atoms with van der Waals surface area (Å²) in [6, 6.07) is 5.88. The van der Waals surface area contributed by atoms with Gasteiger partial charge < -0.3 is 15.1 Å². The lowest BCUT2D eigenvalue weighted by Crippen LogP contribution is -2.31. The first-order valence-electron chi connectivity index (χ1n) is 10.6. The second-order valence-electron chi connectivity index (χ2n) is 8.45. The minimum Gasteiger partial charge on any atom is -0.363 e. The zero-order chi connectivity index (χ0) is 23.0. The molecule has 1 unspecified atom stereocenters. The number of hydrogen-bond donors (Lipinski definition) is 1. The molecule has 1 fully saturated rings. The van der Waals surface area contributed by atoms with Crippen LogP contribution in [-0.2, 0) is 0 Å². The molecule has 4 rings (SSSR count). The van der Waals surface area contributed by atoms with Crippen LogP contribution < -0.4 is 10.2 Å². The Balaban J connectivity index is 1.67. The van der Waals surface area contributed by atoms with Crippen LogP contribution in [0.2, 0.25) is 0 Å². The van der Waals surface area contributed by atoms with Crippen LogP contribution in [0.4, 0.5) is 24.8 Å². The Morgan fingerprint density at radius 1 is 1.19 bits per heavy atom. The highest BCUT2D eigenvalue weighted by Gasteiger charge is 2.26. The van der Waals surface area contributed by atoms with Gasteiger partial charge in [0.25, 0.3) is 6.43 Å². The normalized spacial score (nSPS) is 17.5. The van der Waals surface area contributed by atoms with Gasteiger partial charge in [0.05, 0.1) is 23.3 Å². The fourth-order valence-electron chi connectivity index (χ4n) is 4.15. The van der Waals surface area contributed by atoms with Gasteiger partial charge in [0.2, 0.25) is 0 Å². The molecule has 2 aromatic heterocycles. The summed E-state index contributed by atoms with van der Waals surface area (Å²) in [6.45, 7) is 5.27. The molecule has 0 spiro atoms. The molecule has 1 N–H and O–H groups in total. The van der Waals surface area contributed by atoms with Gasteiger partial charge in [-0.25, -0.2) is 28.1 Å². The number of hydrogen-bond acceptors (Lipinski definition) is 6. The standard InChI is InChI=1S/C23H27F3N6/c1-13(16-6-5-7-17(21(16)24)22(25)26)28-23-18-10-20(27-11-19(18)29-14(2)30-23)32-9-8-15(12-32)31(3)4/h5-7,10-11,13,15,22H,8-9,12H2,1-4H3,(H,28,29,30)/t13?,15-/m1/s1. The molecule has 1 aromatic carbocycles. The predicted molar refractivity (Wildman–Crippen MR) is 120 cm³/mol. The van der Waals surface area contributed by atoms with Crippen molar-refractivity contribution in [1.29, 1.82) is 0 Å². The molecule has 0 bridgehead atoms. The van der Waals surface area contributed by atoms with Gasteiger partial charge in [-0.15, -0.1) is 0 Å². The first-order chi connectivity index (χ1) is 15.2. The van der Waals surface area contributed by atoms with E-state index >= 15 is 0 Å². The van der Waals surface area contributed by atoms with Crippen molar-refractivity contribution in [2.75, 3.05) is 37.4 Å². The zero-order valence-electron chi connectivity index (χ0n) is 18.6. The van der Waals surface area contributed by atoms with E-state index in [-0.39, 0.29) is 5.56 Å². The molecule has 2 atom stereocenters. The monoisotopic (exact) mass is 444 g/mol. The third-order valence-corrected chi connectivity index (χ3v) is 6.01. The summed E-state index contributed by atoms with van der Waals surface area (Å²) in [4.78, 5) is 18.0. The minimum atomic E-state index is -2.87. The van der Waals surface area contributed by atoms with Crippen LogP contribution in [-0.4, -0.2) is 53.1 Å². The van der Waals surface area contributed by atoms with Crippen molar-refractivity contribution < 1.29 is 13.2 Å². The zero-order valence-corrected chi connectivity index (χ0v) is 18.6. The molecule has 3 aromatic rings. The van der Waals surface area contributed by atoms with Gasteiger partial charge in [-0.1, -0.05) is 18.2 Å². The van der Waals surface area contributed by atoms with E-state index in [1.165, 1.54) is 12.1 Å². The molecule has 170 valence electrons. The highest BCUT2D eigenvalue weighted by atomic mass is 19.3. The molecule has 3 heterocycles. The second-order valence-corrected chi connectivity index (χ2v) is 8.45. The fourth-order valence-corrected chi connectivity index (χ4v) is 4.15.